The molecule has 0 radical (unpaired) electrons. The number of thioether (sulfide) groups is 1. The molecular weight excluding hydrogens is 426 g/mol. The van der Waals surface area contributed by atoms with Gasteiger partial charge in [0.25, 0.3) is 5.91 Å². The number of carbonyl (C=O) groups excluding carboxylic acids is 1. The molecule has 0 saturated carbocycles. The van der Waals surface area contributed by atoms with E-state index in [1.807, 2.05) is 54.6 Å². The van der Waals surface area contributed by atoms with Crippen LogP contribution in [0.25, 0.3) is 6.08 Å². The lowest BCUT2D eigenvalue weighted by Crippen LogP contribution is -2.35. The fraction of sp³-hybridized carbons (Fsp3) is 0.273. The second-order valence-electron chi connectivity index (χ2n) is 6.91. The van der Waals surface area contributed by atoms with Crippen LogP contribution in [0.4, 0.5) is 0 Å². The quantitative estimate of drug-likeness (QED) is 0.445. The average Bonchev–Trinajstić information content (AvgIpc) is 3.33. The molecule has 0 N–H and O–H groups in total. The first kappa shape index (κ1) is 20.4. The van der Waals surface area contributed by atoms with Crippen molar-refractivity contribution in [3.63, 3.8) is 0 Å². The number of benzene rings is 2. The van der Waals surface area contributed by atoms with Crippen LogP contribution in [0.2, 0.25) is 5.02 Å². The summed E-state index contributed by atoms with van der Waals surface area (Å²) in [6, 6.07) is 15.2. The molecule has 0 aromatic heterocycles. The molecule has 4 nitrogen and oxygen atoms in total. The maximum atomic E-state index is 12.7. The fourth-order valence-corrected chi connectivity index (χ4v) is 4.61. The van der Waals surface area contributed by atoms with Crippen molar-refractivity contribution in [2.75, 3.05) is 13.2 Å². The molecule has 2 aliphatic rings. The Kier molecular flexibility index (Phi) is 6.55. The number of hydrogen-bond donors (Lipinski definition) is 0. The summed E-state index contributed by atoms with van der Waals surface area (Å²) in [5.41, 5.74) is 1.98. The van der Waals surface area contributed by atoms with Crippen LogP contribution in [0.1, 0.15) is 24.0 Å². The normalized spacial score (nSPS) is 20.7. The zero-order valence-corrected chi connectivity index (χ0v) is 18.1. The molecule has 29 heavy (non-hydrogen) atoms. The van der Waals surface area contributed by atoms with Crippen molar-refractivity contribution < 1.29 is 14.3 Å². The molecule has 1 amide bonds. The summed E-state index contributed by atoms with van der Waals surface area (Å²) in [6.07, 6.45) is 3.99. The Hall–Kier alpha value is -1.86. The van der Waals surface area contributed by atoms with Gasteiger partial charge in [0.2, 0.25) is 0 Å². The second kappa shape index (κ2) is 9.30. The Morgan fingerprint density at radius 2 is 1.97 bits per heavy atom. The first-order chi connectivity index (χ1) is 14.1. The number of nitrogens with zero attached hydrogens (tertiary/aromatic N) is 1. The summed E-state index contributed by atoms with van der Waals surface area (Å²) < 4.78 is 12.0. The van der Waals surface area contributed by atoms with Crippen molar-refractivity contribution in [1.29, 1.82) is 0 Å². The van der Waals surface area contributed by atoms with Gasteiger partial charge in [0.05, 0.1) is 17.6 Å². The van der Waals surface area contributed by atoms with Gasteiger partial charge in [-0.05, 0) is 54.3 Å². The molecule has 2 fully saturated rings. The third kappa shape index (κ3) is 5.20. The molecule has 2 aliphatic heterocycles. The molecule has 2 aromatic rings. The lowest BCUT2D eigenvalue weighted by molar-refractivity contribution is -0.123. The van der Waals surface area contributed by atoms with Crippen molar-refractivity contribution in [2.45, 2.75) is 25.6 Å². The minimum absolute atomic E-state index is 0.0430. The zero-order valence-electron chi connectivity index (χ0n) is 15.7. The topological polar surface area (TPSA) is 38.8 Å². The number of thiocarbonyl (C=S) groups is 1. The van der Waals surface area contributed by atoms with E-state index >= 15 is 0 Å². The fourth-order valence-electron chi connectivity index (χ4n) is 3.21. The molecular formula is C22H20ClNO3S2. The zero-order chi connectivity index (χ0) is 20.2. The Morgan fingerprint density at radius 1 is 1.21 bits per heavy atom. The van der Waals surface area contributed by atoms with Gasteiger partial charge in [-0.1, -0.05) is 59.8 Å². The van der Waals surface area contributed by atoms with Crippen LogP contribution in [0.3, 0.4) is 0 Å². The van der Waals surface area contributed by atoms with E-state index in [-0.39, 0.29) is 12.0 Å². The molecule has 2 saturated heterocycles. The van der Waals surface area contributed by atoms with Crippen LogP contribution >= 0.6 is 35.6 Å². The highest BCUT2D eigenvalue weighted by atomic mass is 35.5. The van der Waals surface area contributed by atoms with Crippen LogP contribution in [-0.4, -0.2) is 34.4 Å². The number of halogens is 1. The van der Waals surface area contributed by atoms with Crippen LogP contribution in [0.5, 0.6) is 5.75 Å². The largest absolute Gasteiger partial charge is 0.489 e. The van der Waals surface area contributed by atoms with E-state index in [1.165, 1.54) is 11.8 Å². The smallest absolute Gasteiger partial charge is 0.266 e. The van der Waals surface area contributed by atoms with E-state index < -0.39 is 0 Å². The number of ether oxygens (including phenoxy) is 2. The molecule has 2 heterocycles. The van der Waals surface area contributed by atoms with Crippen LogP contribution in [0, 0.1) is 0 Å². The molecule has 0 spiro atoms. The predicted molar refractivity (Wildman–Crippen MR) is 121 cm³/mol. The van der Waals surface area contributed by atoms with Gasteiger partial charge < -0.3 is 9.47 Å². The van der Waals surface area contributed by atoms with Gasteiger partial charge in [0, 0.05) is 11.6 Å². The first-order valence-corrected chi connectivity index (χ1v) is 11.0. The second-order valence-corrected chi connectivity index (χ2v) is 9.02. The third-order valence-corrected chi connectivity index (χ3v) is 6.41. The van der Waals surface area contributed by atoms with Crippen LogP contribution < -0.4 is 4.74 Å². The van der Waals surface area contributed by atoms with Gasteiger partial charge in [0.1, 0.15) is 16.7 Å². The summed E-state index contributed by atoms with van der Waals surface area (Å²) >= 11 is 12.6. The van der Waals surface area contributed by atoms with Gasteiger partial charge in [-0.15, -0.1) is 0 Å². The summed E-state index contributed by atoms with van der Waals surface area (Å²) in [4.78, 5) is 15.0. The maximum Gasteiger partial charge on any atom is 0.266 e. The highest BCUT2D eigenvalue weighted by Crippen LogP contribution is 2.33. The Morgan fingerprint density at radius 3 is 2.66 bits per heavy atom. The molecule has 7 heteroatoms. The molecule has 2 aromatic carbocycles. The average molecular weight is 446 g/mol. The minimum atomic E-state index is -0.0430. The highest BCUT2D eigenvalue weighted by Gasteiger charge is 2.34. The van der Waals surface area contributed by atoms with Crippen molar-refractivity contribution in [3.05, 3.63) is 69.6 Å². The van der Waals surface area contributed by atoms with Gasteiger partial charge >= 0.3 is 0 Å². The standard InChI is InChI=1S/C22H20ClNO3S2/c23-17-7-3-16(4-8-17)14-27-18-9-5-15(6-10-18)12-20-21(25)24(22(28)29-20)13-19-2-1-11-26-19/h3-10,12,19H,1-2,11,13-14H2/b20-12-/t19-/m0/s1. The number of amides is 1. The monoisotopic (exact) mass is 445 g/mol. The summed E-state index contributed by atoms with van der Waals surface area (Å²) in [5, 5.41) is 0.708. The van der Waals surface area contributed by atoms with E-state index in [9.17, 15) is 4.79 Å². The van der Waals surface area contributed by atoms with Gasteiger partial charge in [-0.25, -0.2) is 0 Å². The van der Waals surface area contributed by atoms with Crippen LogP contribution in [0.15, 0.2) is 53.4 Å². The minimum Gasteiger partial charge on any atom is -0.489 e. The number of rotatable bonds is 6. The van der Waals surface area contributed by atoms with E-state index in [0.29, 0.717) is 27.4 Å². The molecule has 0 aliphatic carbocycles. The third-order valence-electron chi connectivity index (χ3n) is 4.78. The highest BCUT2D eigenvalue weighted by molar-refractivity contribution is 8.26. The molecule has 0 unspecified atom stereocenters. The lowest BCUT2D eigenvalue weighted by atomic mass is 10.2. The van der Waals surface area contributed by atoms with Crippen molar-refractivity contribution in [3.8, 4) is 5.75 Å². The molecule has 4 rings (SSSR count). The SMILES string of the molecule is O=C1/C(=C/c2ccc(OCc3ccc(Cl)cc3)cc2)SC(=S)N1C[C@@H]1CCCO1. The molecule has 0 bridgehead atoms. The molecule has 1 atom stereocenters. The first-order valence-electron chi connectivity index (χ1n) is 9.43. The Balaban J connectivity index is 1.37. The summed E-state index contributed by atoms with van der Waals surface area (Å²) in [7, 11) is 0. The predicted octanol–water partition coefficient (Wildman–Crippen LogP) is 5.30. The van der Waals surface area contributed by atoms with Gasteiger partial charge in [-0.2, -0.15) is 0 Å². The lowest BCUT2D eigenvalue weighted by Gasteiger charge is -2.18. The summed E-state index contributed by atoms with van der Waals surface area (Å²) in [6.45, 7) is 1.78. The van der Waals surface area contributed by atoms with E-state index in [0.717, 1.165) is 36.3 Å². The maximum absolute atomic E-state index is 12.7. The van der Waals surface area contributed by atoms with Crippen molar-refractivity contribution >= 4 is 51.9 Å². The van der Waals surface area contributed by atoms with E-state index in [4.69, 9.17) is 33.3 Å². The van der Waals surface area contributed by atoms with Crippen molar-refractivity contribution in [1.82, 2.24) is 4.90 Å². The van der Waals surface area contributed by atoms with E-state index in [2.05, 4.69) is 0 Å². The van der Waals surface area contributed by atoms with Crippen LogP contribution in [-0.2, 0) is 16.1 Å². The van der Waals surface area contributed by atoms with E-state index in [1.54, 1.807) is 4.90 Å². The van der Waals surface area contributed by atoms with Crippen molar-refractivity contribution in [2.24, 2.45) is 0 Å². The number of carbonyl (C=O) groups is 1. The Bertz CT molecular complexity index is 922. The van der Waals surface area contributed by atoms with Gasteiger partial charge in [-0.3, -0.25) is 9.69 Å². The Labute approximate surface area is 184 Å². The molecule has 150 valence electrons. The number of hydrogen-bond acceptors (Lipinski definition) is 5. The van der Waals surface area contributed by atoms with Gasteiger partial charge in [0.15, 0.2) is 0 Å². The summed E-state index contributed by atoms with van der Waals surface area (Å²) in [5.74, 6) is 0.724.